The molecular formula is C19H24N2OS2. The molecule has 3 rings (SSSR count). The lowest BCUT2D eigenvalue weighted by molar-refractivity contribution is 0.0952. The van der Waals surface area contributed by atoms with E-state index < -0.39 is 0 Å². The van der Waals surface area contributed by atoms with E-state index in [1.807, 2.05) is 36.6 Å². The Morgan fingerprint density at radius 1 is 1.33 bits per heavy atom. The fourth-order valence-corrected chi connectivity index (χ4v) is 4.66. The van der Waals surface area contributed by atoms with Gasteiger partial charge in [0.05, 0.1) is 10.7 Å². The van der Waals surface area contributed by atoms with Crippen LogP contribution in [0, 0.1) is 6.92 Å². The van der Waals surface area contributed by atoms with Crippen LogP contribution in [0.5, 0.6) is 0 Å². The number of aromatic nitrogens is 1. The van der Waals surface area contributed by atoms with Gasteiger partial charge in [0.15, 0.2) is 0 Å². The molecule has 0 unspecified atom stereocenters. The second kappa shape index (κ2) is 8.17. The van der Waals surface area contributed by atoms with E-state index in [1.165, 1.54) is 34.8 Å². The first-order valence-corrected chi connectivity index (χ1v) is 10.6. The topological polar surface area (TPSA) is 42.0 Å². The molecule has 1 aromatic carbocycles. The normalized spacial score (nSPS) is 13.6. The predicted molar refractivity (Wildman–Crippen MR) is 102 cm³/mol. The Kier molecular flexibility index (Phi) is 5.95. The smallest absolute Gasteiger partial charge is 0.251 e. The largest absolute Gasteiger partial charge is 0.352 e. The maximum atomic E-state index is 12.4. The summed E-state index contributed by atoms with van der Waals surface area (Å²) in [4.78, 5) is 19.8. The van der Waals surface area contributed by atoms with E-state index in [1.54, 1.807) is 11.8 Å². The van der Waals surface area contributed by atoms with Gasteiger partial charge in [0, 0.05) is 28.3 Å². The van der Waals surface area contributed by atoms with Crippen LogP contribution in [0.4, 0.5) is 0 Å². The van der Waals surface area contributed by atoms with Gasteiger partial charge in [0.1, 0.15) is 0 Å². The Hall–Kier alpha value is -1.33. The van der Waals surface area contributed by atoms with Gasteiger partial charge in [0.2, 0.25) is 0 Å². The molecular weight excluding hydrogens is 336 g/mol. The lowest BCUT2D eigenvalue weighted by Gasteiger charge is -2.08. The molecule has 0 aliphatic heterocycles. The average molecular weight is 361 g/mol. The lowest BCUT2D eigenvalue weighted by atomic mass is 10.0. The highest BCUT2D eigenvalue weighted by Gasteiger charge is 2.15. The van der Waals surface area contributed by atoms with Crippen LogP contribution in [-0.2, 0) is 19.3 Å². The zero-order valence-electron chi connectivity index (χ0n) is 14.4. The van der Waals surface area contributed by atoms with Gasteiger partial charge < -0.3 is 5.32 Å². The number of fused-ring (bicyclic) bond motifs is 1. The molecule has 128 valence electrons. The number of nitrogens with zero attached hydrogens (tertiary/aromatic N) is 1. The van der Waals surface area contributed by atoms with Crippen molar-refractivity contribution in [1.29, 1.82) is 0 Å². The van der Waals surface area contributed by atoms with Crippen LogP contribution in [-0.4, -0.2) is 23.7 Å². The molecule has 24 heavy (non-hydrogen) atoms. The first-order valence-electron chi connectivity index (χ1n) is 8.57. The minimum Gasteiger partial charge on any atom is -0.352 e. The summed E-state index contributed by atoms with van der Waals surface area (Å²) in [5.41, 5.74) is 3.14. The summed E-state index contributed by atoms with van der Waals surface area (Å²) >= 11 is 3.53. The monoisotopic (exact) mass is 360 g/mol. The summed E-state index contributed by atoms with van der Waals surface area (Å²) in [6, 6.07) is 6.05. The Balaban J connectivity index is 1.49. The standard InChI is InChI=1S/C19H24N2OS2/c1-13-9-10-14(23-2)12-15(13)19(22)20-11-5-8-18-21-16-6-3-4-7-17(16)24-18/h9-10,12H,3-8,11H2,1-2H3,(H,20,22). The summed E-state index contributed by atoms with van der Waals surface area (Å²) in [6.45, 7) is 2.69. The fraction of sp³-hybridized carbons (Fsp3) is 0.474. The number of nitrogens with one attached hydrogen (secondary N) is 1. The molecule has 0 radical (unpaired) electrons. The summed E-state index contributed by atoms with van der Waals surface area (Å²) in [6.07, 6.45) is 8.86. The molecule has 0 saturated heterocycles. The zero-order valence-corrected chi connectivity index (χ0v) is 16.0. The molecule has 1 N–H and O–H groups in total. The van der Waals surface area contributed by atoms with Crippen LogP contribution in [0.25, 0.3) is 0 Å². The van der Waals surface area contributed by atoms with Crippen LogP contribution in [0.15, 0.2) is 23.1 Å². The van der Waals surface area contributed by atoms with E-state index in [0.29, 0.717) is 6.54 Å². The minimum absolute atomic E-state index is 0.0295. The predicted octanol–water partition coefficient (Wildman–Crippen LogP) is 4.41. The van der Waals surface area contributed by atoms with Crippen LogP contribution in [0.3, 0.4) is 0 Å². The van der Waals surface area contributed by atoms with Crippen LogP contribution in [0.1, 0.15) is 50.8 Å². The van der Waals surface area contributed by atoms with Crippen molar-refractivity contribution in [3.8, 4) is 0 Å². The summed E-state index contributed by atoms with van der Waals surface area (Å²) < 4.78 is 0. The maximum absolute atomic E-state index is 12.4. The quantitative estimate of drug-likeness (QED) is 0.613. The number of aryl methyl sites for hydroxylation is 4. The minimum atomic E-state index is 0.0295. The third kappa shape index (κ3) is 4.19. The Morgan fingerprint density at radius 3 is 2.96 bits per heavy atom. The molecule has 1 heterocycles. The number of benzene rings is 1. The average Bonchev–Trinajstić information content (AvgIpc) is 3.01. The first-order chi connectivity index (χ1) is 11.7. The molecule has 1 aliphatic carbocycles. The van der Waals surface area contributed by atoms with Gasteiger partial charge in [-0.15, -0.1) is 23.1 Å². The number of amides is 1. The highest BCUT2D eigenvalue weighted by atomic mass is 32.2. The van der Waals surface area contributed by atoms with Crippen molar-refractivity contribution >= 4 is 29.0 Å². The maximum Gasteiger partial charge on any atom is 0.251 e. The molecule has 1 amide bonds. The Labute approximate surface area is 152 Å². The zero-order chi connectivity index (χ0) is 16.9. The number of rotatable bonds is 6. The van der Waals surface area contributed by atoms with E-state index in [-0.39, 0.29) is 5.91 Å². The molecule has 0 fully saturated rings. The highest BCUT2D eigenvalue weighted by Crippen LogP contribution is 2.27. The summed E-state index contributed by atoms with van der Waals surface area (Å²) in [5.74, 6) is 0.0295. The summed E-state index contributed by atoms with van der Waals surface area (Å²) in [7, 11) is 0. The van der Waals surface area contributed by atoms with Crippen molar-refractivity contribution in [2.45, 2.75) is 50.3 Å². The number of thiazole rings is 1. The van der Waals surface area contributed by atoms with Crippen molar-refractivity contribution in [1.82, 2.24) is 10.3 Å². The van der Waals surface area contributed by atoms with Crippen LogP contribution in [0.2, 0.25) is 0 Å². The van der Waals surface area contributed by atoms with Crippen molar-refractivity contribution in [3.05, 3.63) is 44.9 Å². The second-order valence-electron chi connectivity index (χ2n) is 6.22. The number of carbonyl (C=O) groups excluding carboxylic acids is 1. The first kappa shape index (κ1) is 17.5. The molecule has 0 saturated carbocycles. The lowest BCUT2D eigenvalue weighted by Crippen LogP contribution is -2.25. The molecule has 1 aromatic heterocycles. The van der Waals surface area contributed by atoms with Crippen molar-refractivity contribution in [2.75, 3.05) is 12.8 Å². The van der Waals surface area contributed by atoms with Gasteiger partial charge in [-0.3, -0.25) is 4.79 Å². The number of hydrogen-bond acceptors (Lipinski definition) is 4. The molecule has 1 aliphatic rings. The molecule has 0 spiro atoms. The molecule has 0 atom stereocenters. The Bertz CT molecular complexity index is 701. The van der Waals surface area contributed by atoms with E-state index in [0.717, 1.165) is 35.3 Å². The van der Waals surface area contributed by atoms with E-state index in [2.05, 4.69) is 11.4 Å². The van der Waals surface area contributed by atoms with Crippen LogP contribution >= 0.6 is 23.1 Å². The van der Waals surface area contributed by atoms with Gasteiger partial charge in [-0.25, -0.2) is 4.98 Å². The fourth-order valence-electron chi connectivity index (χ4n) is 3.02. The van der Waals surface area contributed by atoms with Crippen molar-refractivity contribution in [3.63, 3.8) is 0 Å². The van der Waals surface area contributed by atoms with E-state index >= 15 is 0 Å². The van der Waals surface area contributed by atoms with Gasteiger partial charge in [-0.1, -0.05) is 6.07 Å². The van der Waals surface area contributed by atoms with Gasteiger partial charge in [-0.05, 0) is 63.0 Å². The van der Waals surface area contributed by atoms with E-state index in [4.69, 9.17) is 4.98 Å². The molecule has 5 heteroatoms. The number of carbonyl (C=O) groups is 1. The molecule has 3 nitrogen and oxygen atoms in total. The molecule has 0 bridgehead atoms. The van der Waals surface area contributed by atoms with Gasteiger partial charge in [0.25, 0.3) is 5.91 Å². The summed E-state index contributed by atoms with van der Waals surface area (Å²) in [5, 5.41) is 4.28. The number of thioether (sulfide) groups is 1. The third-order valence-corrected chi connectivity index (χ3v) is 6.37. The Morgan fingerprint density at radius 2 is 2.17 bits per heavy atom. The van der Waals surface area contributed by atoms with Gasteiger partial charge in [-0.2, -0.15) is 0 Å². The molecule has 2 aromatic rings. The third-order valence-electron chi connectivity index (χ3n) is 4.43. The van der Waals surface area contributed by atoms with Crippen molar-refractivity contribution < 1.29 is 4.79 Å². The number of hydrogen-bond donors (Lipinski definition) is 1. The second-order valence-corrected chi connectivity index (χ2v) is 8.27. The SMILES string of the molecule is CSc1ccc(C)c(C(=O)NCCCc2nc3c(s2)CCCC3)c1. The van der Waals surface area contributed by atoms with Gasteiger partial charge >= 0.3 is 0 Å². The van der Waals surface area contributed by atoms with E-state index in [9.17, 15) is 4.79 Å². The van der Waals surface area contributed by atoms with Crippen LogP contribution < -0.4 is 5.32 Å². The highest BCUT2D eigenvalue weighted by molar-refractivity contribution is 7.98. The van der Waals surface area contributed by atoms with Crippen molar-refractivity contribution in [2.24, 2.45) is 0 Å².